The Hall–Kier alpha value is -3.32. The second kappa shape index (κ2) is 8.07. The van der Waals surface area contributed by atoms with Crippen LogP contribution < -0.4 is 5.32 Å². The van der Waals surface area contributed by atoms with E-state index in [1.54, 1.807) is 18.5 Å². The fourth-order valence-electron chi connectivity index (χ4n) is 4.48. The third kappa shape index (κ3) is 3.88. The molecule has 6 nitrogen and oxygen atoms in total. The number of hydrogen-bond acceptors (Lipinski definition) is 5. The second-order valence-electron chi connectivity index (χ2n) is 8.18. The lowest BCUT2D eigenvalue weighted by Crippen LogP contribution is -2.23. The molecule has 31 heavy (non-hydrogen) atoms. The molecule has 0 saturated carbocycles. The fraction of sp³-hybridized carbons (Fsp3) is 0.292. The van der Waals surface area contributed by atoms with Crippen molar-refractivity contribution in [2.24, 2.45) is 7.05 Å². The molecule has 7 heteroatoms. The zero-order valence-corrected chi connectivity index (χ0v) is 17.7. The molecule has 0 spiro atoms. The first kappa shape index (κ1) is 19.6. The third-order valence-electron chi connectivity index (χ3n) is 6.02. The number of nitrogens with zero attached hydrogens (tertiary/aromatic N) is 5. The van der Waals surface area contributed by atoms with Crippen LogP contribution in [0.5, 0.6) is 0 Å². The van der Waals surface area contributed by atoms with E-state index in [1.165, 1.54) is 6.07 Å². The van der Waals surface area contributed by atoms with E-state index in [0.29, 0.717) is 5.82 Å². The normalized spacial score (nSPS) is 16.8. The zero-order valence-electron chi connectivity index (χ0n) is 17.7. The van der Waals surface area contributed by atoms with Crippen molar-refractivity contribution in [3.63, 3.8) is 0 Å². The van der Waals surface area contributed by atoms with E-state index in [0.717, 1.165) is 59.5 Å². The van der Waals surface area contributed by atoms with Crippen LogP contribution in [0.4, 0.5) is 16.0 Å². The summed E-state index contributed by atoms with van der Waals surface area (Å²) in [4.78, 5) is 16.1. The van der Waals surface area contributed by atoms with Gasteiger partial charge in [0.05, 0.1) is 24.1 Å². The van der Waals surface area contributed by atoms with Gasteiger partial charge in [0.25, 0.3) is 0 Å². The van der Waals surface area contributed by atoms with E-state index in [-0.39, 0.29) is 11.9 Å². The van der Waals surface area contributed by atoms with Crippen molar-refractivity contribution in [3.05, 3.63) is 77.8 Å². The van der Waals surface area contributed by atoms with Gasteiger partial charge < -0.3 is 9.88 Å². The van der Waals surface area contributed by atoms with Crippen molar-refractivity contribution in [2.75, 3.05) is 11.9 Å². The molecule has 0 amide bonds. The van der Waals surface area contributed by atoms with Crippen molar-refractivity contribution in [3.8, 4) is 0 Å². The fourth-order valence-corrected chi connectivity index (χ4v) is 4.48. The Balaban J connectivity index is 1.40. The van der Waals surface area contributed by atoms with Gasteiger partial charge in [-0.05, 0) is 61.7 Å². The van der Waals surface area contributed by atoms with Gasteiger partial charge in [0.15, 0.2) is 0 Å². The van der Waals surface area contributed by atoms with Gasteiger partial charge in [-0.1, -0.05) is 6.07 Å². The Morgan fingerprint density at radius 1 is 1.23 bits per heavy atom. The van der Waals surface area contributed by atoms with Crippen LogP contribution in [0, 0.1) is 12.7 Å². The van der Waals surface area contributed by atoms with Crippen LogP contribution in [-0.2, 0) is 13.6 Å². The van der Waals surface area contributed by atoms with E-state index < -0.39 is 0 Å². The van der Waals surface area contributed by atoms with Gasteiger partial charge in [0.1, 0.15) is 17.5 Å². The van der Waals surface area contributed by atoms with Gasteiger partial charge in [-0.15, -0.1) is 0 Å². The molecule has 0 radical (unpaired) electrons. The number of fused-ring (bicyclic) bond motifs is 1. The summed E-state index contributed by atoms with van der Waals surface area (Å²) in [5.74, 6) is 1.28. The van der Waals surface area contributed by atoms with Crippen molar-refractivity contribution in [1.82, 2.24) is 24.4 Å². The van der Waals surface area contributed by atoms with E-state index in [4.69, 9.17) is 4.98 Å². The minimum Gasteiger partial charge on any atom is -0.350 e. The second-order valence-corrected chi connectivity index (χ2v) is 8.18. The molecule has 1 saturated heterocycles. The number of halogens is 1. The van der Waals surface area contributed by atoms with E-state index in [9.17, 15) is 4.39 Å². The number of benzene rings is 1. The molecule has 158 valence electrons. The van der Waals surface area contributed by atoms with Crippen LogP contribution in [0.15, 0.2) is 55.1 Å². The van der Waals surface area contributed by atoms with Gasteiger partial charge in [0, 0.05) is 36.9 Å². The molecule has 3 aromatic heterocycles. The molecule has 1 aliphatic rings. The first-order valence-electron chi connectivity index (χ1n) is 10.6. The van der Waals surface area contributed by atoms with E-state index >= 15 is 0 Å². The molecule has 4 aromatic rings. The molecule has 0 bridgehead atoms. The molecule has 0 unspecified atom stereocenters. The maximum Gasteiger partial charge on any atom is 0.150 e. The number of rotatable bonds is 5. The molecule has 5 rings (SSSR count). The molecule has 1 atom stereocenters. The lowest BCUT2D eigenvalue weighted by molar-refractivity contribution is 0.245. The van der Waals surface area contributed by atoms with Crippen LogP contribution in [0.25, 0.3) is 10.9 Å². The predicted octanol–water partition coefficient (Wildman–Crippen LogP) is 4.89. The Morgan fingerprint density at radius 2 is 2.13 bits per heavy atom. The van der Waals surface area contributed by atoms with E-state index in [1.807, 2.05) is 38.4 Å². The summed E-state index contributed by atoms with van der Waals surface area (Å²) in [6.45, 7) is 3.75. The number of pyridine rings is 1. The summed E-state index contributed by atoms with van der Waals surface area (Å²) < 4.78 is 15.9. The van der Waals surface area contributed by atoms with Gasteiger partial charge in [-0.3, -0.25) is 9.88 Å². The van der Waals surface area contributed by atoms with Crippen molar-refractivity contribution in [1.29, 1.82) is 0 Å². The molecule has 0 aliphatic carbocycles. The molecule has 1 aliphatic heterocycles. The van der Waals surface area contributed by atoms with Crippen molar-refractivity contribution < 1.29 is 4.39 Å². The zero-order chi connectivity index (χ0) is 21.4. The first-order valence-corrected chi connectivity index (χ1v) is 10.6. The highest BCUT2D eigenvalue weighted by Crippen LogP contribution is 2.34. The average molecular weight is 417 g/mol. The monoisotopic (exact) mass is 416 g/mol. The Bertz CT molecular complexity index is 1230. The van der Waals surface area contributed by atoms with Crippen LogP contribution in [0.2, 0.25) is 0 Å². The lowest BCUT2D eigenvalue weighted by atomic mass is 10.1. The summed E-state index contributed by atoms with van der Waals surface area (Å²) >= 11 is 0. The van der Waals surface area contributed by atoms with Crippen molar-refractivity contribution in [2.45, 2.75) is 32.4 Å². The summed E-state index contributed by atoms with van der Waals surface area (Å²) in [5.41, 5.74) is 4.18. The summed E-state index contributed by atoms with van der Waals surface area (Å²) in [5, 5.41) is 4.26. The average Bonchev–Trinajstić information content (AvgIpc) is 3.35. The first-order chi connectivity index (χ1) is 15.1. The van der Waals surface area contributed by atoms with Gasteiger partial charge in [-0.25, -0.2) is 14.4 Å². The van der Waals surface area contributed by atoms with Crippen molar-refractivity contribution >= 4 is 22.5 Å². The quantitative estimate of drug-likeness (QED) is 0.502. The highest BCUT2D eigenvalue weighted by molar-refractivity contribution is 5.84. The Labute approximate surface area is 180 Å². The smallest absolute Gasteiger partial charge is 0.150 e. The molecule has 4 heterocycles. The van der Waals surface area contributed by atoms with Crippen LogP contribution in [0.3, 0.4) is 0 Å². The Kier molecular flexibility index (Phi) is 5.11. The van der Waals surface area contributed by atoms with Crippen LogP contribution in [-0.4, -0.2) is 31.0 Å². The standard InChI is InChI=1S/C24H25FN6/c1-16-5-3-9-27-24(16)29-23-13-26-12-20(28-23)22-6-4-10-31(22)15-17-14-30(2)21-8-7-18(25)11-19(17)21/h3,5,7-9,11-14,22H,4,6,10,15H2,1-2H3,(H,27,28,29)/t22-/m0/s1. The van der Waals surface area contributed by atoms with Gasteiger partial charge in [0.2, 0.25) is 0 Å². The molecule has 1 aromatic carbocycles. The topological polar surface area (TPSA) is 58.9 Å². The maximum absolute atomic E-state index is 13.9. The number of anilines is 2. The minimum atomic E-state index is -0.202. The summed E-state index contributed by atoms with van der Waals surface area (Å²) in [6, 6.07) is 9.10. The SMILES string of the molecule is Cc1cccnc1Nc1cncc([C@@H]2CCCN2Cc2cn(C)c3ccc(F)cc23)n1. The minimum absolute atomic E-state index is 0.183. The number of hydrogen-bond donors (Lipinski definition) is 1. The predicted molar refractivity (Wildman–Crippen MR) is 120 cm³/mol. The molecule has 1 N–H and O–H groups in total. The number of aryl methyl sites for hydroxylation is 2. The highest BCUT2D eigenvalue weighted by atomic mass is 19.1. The molecular weight excluding hydrogens is 391 g/mol. The van der Waals surface area contributed by atoms with Crippen LogP contribution in [0.1, 0.15) is 35.7 Å². The number of likely N-dealkylation sites (tertiary alicyclic amines) is 1. The van der Waals surface area contributed by atoms with E-state index in [2.05, 4.69) is 30.9 Å². The van der Waals surface area contributed by atoms with Crippen LogP contribution >= 0.6 is 0 Å². The molecule has 1 fully saturated rings. The summed E-state index contributed by atoms with van der Waals surface area (Å²) in [7, 11) is 2.01. The number of nitrogens with one attached hydrogen (secondary N) is 1. The van der Waals surface area contributed by atoms with Gasteiger partial charge >= 0.3 is 0 Å². The largest absolute Gasteiger partial charge is 0.350 e. The highest BCUT2D eigenvalue weighted by Gasteiger charge is 2.28. The third-order valence-corrected chi connectivity index (χ3v) is 6.02. The van der Waals surface area contributed by atoms with Gasteiger partial charge in [-0.2, -0.15) is 0 Å². The molecular formula is C24H25FN6. The summed E-state index contributed by atoms with van der Waals surface area (Å²) in [6.07, 6.45) is 9.57. The lowest BCUT2D eigenvalue weighted by Gasteiger charge is -2.24. The number of aromatic nitrogens is 4. The maximum atomic E-state index is 13.9. The Morgan fingerprint density at radius 3 is 3.00 bits per heavy atom.